The van der Waals surface area contributed by atoms with Gasteiger partial charge < -0.3 is 19.2 Å². The topological polar surface area (TPSA) is 84.9 Å². The molecule has 9 heteroatoms. The van der Waals surface area contributed by atoms with Crippen LogP contribution >= 0.6 is 23.2 Å². The molecule has 0 unspecified atom stereocenters. The van der Waals surface area contributed by atoms with Crippen LogP contribution in [0.15, 0.2) is 51.7 Å². The fraction of sp³-hybridized carbons (Fsp3) is 0.364. The van der Waals surface area contributed by atoms with E-state index in [0.717, 1.165) is 0 Å². The van der Waals surface area contributed by atoms with Crippen molar-refractivity contribution >= 4 is 40.2 Å². The van der Waals surface area contributed by atoms with Gasteiger partial charge in [-0.05, 0) is 37.3 Å². The highest BCUT2D eigenvalue weighted by atomic mass is 35.5. The number of aliphatic hydroxyl groups is 1. The van der Waals surface area contributed by atoms with Gasteiger partial charge in [0.25, 0.3) is 0 Å². The molecule has 1 aliphatic rings. The van der Waals surface area contributed by atoms with Gasteiger partial charge >= 0.3 is 5.76 Å². The Hall–Kier alpha value is -2.48. The highest BCUT2D eigenvalue weighted by molar-refractivity contribution is 6.31. The fourth-order valence-electron chi connectivity index (χ4n) is 3.87. The first kappa shape index (κ1) is 21.7. The summed E-state index contributed by atoms with van der Waals surface area (Å²) < 4.78 is 12.5. The molecule has 0 spiro atoms. The van der Waals surface area contributed by atoms with Crippen LogP contribution < -0.4 is 10.5 Å². The maximum absolute atomic E-state index is 12.8. The lowest BCUT2D eigenvalue weighted by Crippen LogP contribution is -2.58. The van der Waals surface area contributed by atoms with Gasteiger partial charge in [0, 0.05) is 42.0 Å². The number of rotatable bonds is 5. The number of carbonyl (C=O) groups excluding carboxylic acids is 1. The minimum absolute atomic E-state index is 0.104. The third-order valence-electron chi connectivity index (χ3n) is 5.47. The number of benzene rings is 2. The lowest BCUT2D eigenvalue weighted by molar-refractivity contribution is -0.146. The third kappa shape index (κ3) is 4.74. The monoisotopic (exact) mass is 464 g/mol. The predicted molar refractivity (Wildman–Crippen MR) is 118 cm³/mol. The second-order valence-corrected chi connectivity index (χ2v) is 8.78. The number of halogens is 2. The van der Waals surface area contributed by atoms with Crippen LogP contribution in [0.1, 0.15) is 19.8 Å². The van der Waals surface area contributed by atoms with Gasteiger partial charge in [0.15, 0.2) is 5.58 Å². The SMILES string of the molecule is C[C@]1(O)CN(C(=O)CCn2c(=O)oc3cc(Cl)ccc32)CC[C@@H]1Oc1cccc(Cl)c1. The average Bonchev–Trinajstić information content (AvgIpc) is 3.01. The lowest BCUT2D eigenvalue weighted by Gasteiger charge is -2.42. The smallest absolute Gasteiger partial charge is 0.419 e. The summed E-state index contributed by atoms with van der Waals surface area (Å²) in [6.45, 7) is 2.40. The summed E-state index contributed by atoms with van der Waals surface area (Å²) in [4.78, 5) is 26.5. The van der Waals surface area contributed by atoms with Crippen molar-refractivity contribution in [3.8, 4) is 5.75 Å². The first-order chi connectivity index (χ1) is 14.7. The quantitative estimate of drug-likeness (QED) is 0.621. The average molecular weight is 465 g/mol. The molecule has 1 aromatic heterocycles. The Morgan fingerprint density at radius 2 is 2.03 bits per heavy atom. The molecule has 4 rings (SSSR count). The summed E-state index contributed by atoms with van der Waals surface area (Å²) in [6, 6.07) is 11.9. The van der Waals surface area contributed by atoms with Crippen LogP contribution in [-0.2, 0) is 11.3 Å². The van der Waals surface area contributed by atoms with E-state index in [9.17, 15) is 14.7 Å². The molecule has 1 amide bonds. The predicted octanol–water partition coefficient (Wildman–Crippen LogP) is 3.72. The van der Waals surface area contributed by atoms with Crippen molar-refractivity contribution in [2.45, 2.75) is 38.0 Å². The largest absolute Gasteiger partial charge is 0.487 e. The summed E-state index contributed by atoms with van der Waals surface area (Å²) in [5, 5.41) is 11.9. The summed E-state index contributed by atoms with van der Waals surface area (Å²) >= 11 is 11.9. The number of hydrogen-bond acceptors (Lipinski definition) is 5. The van der Waals surface area contributed by atoms with Gasteiger partial charge in [-0.25, -0.2) is 4.79 Å². The number of aryl methyl sites for hydroxylation is 1. The molecule has 1 saturated heterocycles. The van der Waals surface area contributed by atoms with Crippen LogP contribution in [0, 0.1) is 0 Å². The molecule has 2 heterocycles. The number of aromatic nitrogens is 1. The molecule has 0 radical (unpaired) electrons. The Bertz CT molecular complexity index is 1170. The van der Waals surface area contributed by atoms with Crippen LogP contribution in [0.2, 0.25) is 10.0 Å². The first-order valence-electron chi connectivity index (χ1n) is 9.94. The van der Waals surface area contributed by atoms with Crippen LogP contribution in [0.5, 0.6) is 5.75 Å². The maximum Gasteiger partial charge on any atom is 0.419 e. The van der Waals surface area contributed by atoms with Crippen LogP contribution in [0.4, 0.5) is 0 Å². The molecule has 7 nitrogen and oxygen atoms in total. The highest BCUT2D eigenvalue weighted by Gasteiger charge is 2.41. The Morgan fingerprint density at radius 3 is 2.77 bits per heavy atom. The van der Waals surface area contributed by atoms with Crippen LogP contribution in [-0.4, -0.2) is 45.3 Å². The molecule has 2 aromatic carbocycles. The van der Waals surface area contributed by atoms with E-state index in [-0.39, 0.29) is 25.4 Å². The molecular formula is C22H22Cl2N2O5. The second kappa shape index (κ2) is 8.57. The van der Waals surface area contributed by atoms with E-state index < -0.39 is 17.5 Å². The van der Waals surface area contributed by atoms with E-state index >= 15 is 0 Å². The highest BCUT2D eigenvalue weighted by Crippen LogP contribution is 2.28. The van der Waals surface area contributed by atoms with Crippen molar-refractivity contribution in [3.05, 3.63) is 63.1 Å². The molecule has 2 atom stereocenters. The minimum Gasteiger partial charge on any atom is -0.487 e. The number of fused-ring (bicyclic) bond motifs is 1. The van der Waals surface area contributed by atoms with Crippen LogP contribution in [0.3, 0.4) is 0 Å². The minimum atomic E-state index is -1.23. The van der Waals surface area contributed by atoms with Gasteiger partial charge in [-0.3, -0.25) is 9.36 Å². The van der Waals surface area contributed by atoms with E-state index in [1.807, 2.05) is 0 Å². The summed E-state index contributed by atoms with van der Waals surface area (Å²) in [7, 11) is 0. The Morgan fingerprint density at radius 1 is 1.26 bits per heavy atom. The molecule has 1 fully saturated rings. The molecular weight excluding hydrogens is 443 g/mol. The summed E-state index contributed by atoms with van der Waals surface area (Å²) in [5.74, 6) is -0.119. The lowest BCUT2D eigenvalue weighted by atomic mass is 9.91. The van der Waals surface area contributed by atoms with Crippen molar-refractivity contribution in [3.63, 3.8) is 0 Å². The van der Waals surface area contributed by atoms with E-state index in [1.165, 1.54) is 4.57 Å². The van der Waals surface area contributed by atoms with Crippen LogP contribution in [0.25, 0.3) is 11.1 Å². The molecule has 164 valence electrons. The number of nitrogens with zero attached hydrogens (tertiary/aromatic N) is 2. The van der Waals surface area contributed by atoms with E-state index in [0.29, 0.717) is 39.9 Å². The zero-order chi connectivity index (χ0) is 22.2. The van der Waals surface area contributed by atoms with Gasteiger partial charge in [0.1, 0.15) is 17.5 Å². The molecule has 3 aromatic rings. The Balaban J connectivity index is 1.39. The standard InChI is InChI=1S/C22H22Cl2N2O5/c1-22(29)13-25(9-7-19(22)30-16-4-2-3-14(23)11-16)20(27)8-10-26-17-6-5-15(24)12-18(17)31-21(26)28/h2-6,11-12,19,29H,7-10,13H2,1H3/t19-,22-/m0/s1. The number of amides is 1. The van der Waals surface area contributed by atoms with Gasteiger partial charge in [0.2, 0.25) is 5.91 Å². The van der Waals surface area contributed by atoms with Gasteiger partial charge in [-0.1, -0.05) is 29.3 Å². The molecule has 0 aliphatic carbocycles. The number of oxazole rings is 1. The zero-order valence-electron chi connectivity index (χ0n) is 16.9. The number of likely N-dealkylation sites (tertiary alicyclic amines) is 1. The molecule has 31 heavy (non-hydrogen) atoms. The van der Waals surface area contributed by atoms with Crippen molar-refractivity contribution in [1.29, 1.82) is 0 Å². The molecule has 0 saturated carbocycles. The van der Waals surface area contributed by atoms with Gasteiger partial charge in [0.05, 0.1) is 12.1 Å². The molecule has 1 N–H and O–H groups in total. The molecule has 1 aliphatic heterocycles. The van der Waals surface area contributed by atoms with Crippen molar-refractivity contribution < 1.29 is 19.1 Å². The van der Waals surface area contributed by atoms with Crippen molar-refractivity contribution in [2.75, 3.05) is 13.1 Å². The number of β-amino-alcohol motifs (C(OH)–C–C–N with tert-alkyl or cyclic N) is 1. The Labute approximate surface area is 188 Å². The number of hydrogen-bond donors (Lipinski definition) is 1. The fourth-order valence-corrected chi connectivity index (χ4v) is 4.21. The van der Waals surface area contributed by atoms with E-state index in [1.54, 1.807) is 54.3 Å². The van der Waals surface area contributed by atoms with E-state index in [2.05, 4.69) is 0 Å². The maximum atomic E-state index is 12.8. The number of ether oxygens (including phenoxy) is 1. The van der Waals surface area contributed by atoms with E-state index in [4.69, 9.17) is 32.4 Å². The number of carbonyl (C=O) groups is 1. The summed E-state index contributed by atoms with van der Waals surface area (Å²) in [6.07, 6.45) is 0.103. The molecule has 0 bridgehead atoms. The van der Waals surface area contributed by atoms with Crippen molar-refractivity contribution in [2.24, 2.45) is 0 Å². The normalized spacial score (nSPS) is 21.4. The zero-order valence-corrected chi connectivity index (χ0v) is 18.4. The van der Waals surface area contributed by atoms with Gasteiger partial charge in [-0.15, -0.1) is 0 Å². The van der Waals surface area contributed by atoms with Gasteiger partial charge in [-0.2, -0.15) is 0 Å². The summed E-state index contributed by atoms with van der Waals surface area (Å²) in [5.41, 5.74) is -0.263. The second-order valence-electron chi connectivity index (χ2n) is 7.91. The van der Waals surface area contributed by atoms with Crippen molar-refractivity contribution in [1.82, 2.24) is 9.47 Å². The Kier molecular flexibility index (Phi) is 6.01. The first-order valence-corrected chi connectivity index (χ1v) is 10.7. The number of piperidine rings is 1. The third-order valence-corrected chi connectivity index (χ3v) is 5.94.